The van der Waals surface area contributed by atoms with Crippen LogP contribution in [0.2, 0.25) is 0 Å². The van der Waals surface area contributed by atoms with E-state index in [4.69, 9.17) is 4.74 Å². The van der Waals surface area contributed by atoms with Crippen LogP contribution in [-0.2, 0) is 4.74 Å². The zero-order chi connectivity index (χ0) is 14.4. The summed E-state index contributed by atoms with van der Waals surface area (Å²) in [4.78, 5) is 2.57. The quantitative estimate of drug-likeness (QED) is 0.769. The van der Waals surface area contributed by atoms with Gasteiger partial charge in [-0.25, -0.2) is 0 Å². The van der Waals surface area contributed by atoms with E-state index in [9.17, 15) is 0 Å². The summed E-state index contributed by atoms with van der Waals surface area (Å²) >= 11 is 0. The Labute approximate surface area is 120 Å². The first-order valence-electron chi connectivity index (χ1n) is 7.89. The average molecular weight is 270 g/mol. The Bertz CT molecular complexity index is 245. The lowest BCUT2D eigenvalue weighted by Gasteiger charge is -2.43. The van der Waals surface area contributed by atoms with Crippen LogP contribution >= 0.6 is 0 Å². The maximum Gasteiger partial charge on any atom is 0.0589 e. The molecule has 4 unspecified atom stereocenters. The van der Waals surface area contributed by atoms with Crippen molar-refractivity contribution in [3.63, 3.8) is 0 Å². The second-order valence-electron chi connectivity index (χ2n) is 6.69. The van der Waals surface area contributed by atoms with E-state index in [1.807, 2.05) is 0 Å². The van der Waals surface area contributed by atoms with Crippen LogP contribution in [0, 0.1) is 17.8 Å². The third-order valence-corrected chi connectivity index (χ3v) is 4.81. The molecule has 1 saturated carbocycles. The Balaban J connectivity index is 2.63. The fourth-order valence-corrected chi connectivity index (χ4v) is 3.59. The van der Waals surface area contributed by atoms with Crippen LogP contribution < -0.4 is 5.32 Å². The Hall–Kier alpha value is -0.120. The van der Waals surface area contributed by atoms with Crippen molar-refractivity contribution in [2.75, 3.05) is 33.9 Å². The van der Waals surface area contributed by atoms with Gasteiger partial charge in [-0.2, -0.15) is 0 Å². The molecule has 1 rings (SSSR count). The molecule has 3 heteroatoms. The van der Waals surface area contributed by atoms with E-state index in [-0.39, 0.29) is 0 Å². The number of hydrogen-bond acceptors (Lipinski definition) is 3. The van der Waals surface area contributed by atoms with Crippen molar-refractivity contribution >= 4 is 0 Å². The van der Waals surface area contributed by atoms with Crippen LogP contribution in [0.25, 0.3) is 0 Å². The zero-order valence-corrected chi connectivity index (χ0v) is 13.8. The number of ether oxygens (including phenoxy) is 1. The van der Waals surface area contributed by atoms with E-state index >= 15 is 0 Å². The minimum absolute atomic E-state index is 0.596. The summed E-state index contributed by atoms with van der Waals surface area (Å²) < 4.78 is 5.25. The fourth-order valence-electron chi connectivity index (χ4n) is 3.59. The van der Waals surface area contributed by atoms with Crippen molar-refractivity contribution in [1.82, 2.24) is 10.2 Å². The van der Waals surface area contributed by atoms with Gasteiger partial charge in [-0.05, 0) is 51.5 Å². The molecule has 1 aliphatic rings. The van der Waals surface area contributed by atoms with Gasteiger partial charge in [0.25, 0.3) is 0 Å². The molecular weight excluding hydrogens is 236 g/mol. The summed E-state index contributed by atoms with van der Waals surface area (Å²) in [6, 6.07) is 1.27. The van der Waals surface area contributed by atoms with Crippen LogP contribution in [0.4, 0.5) is 0 Å². The normalized spacial score (nSPS) is 32.2. The number of nitrogens with zero attached hydrogens (tertiary/aromatic N) is 1. The highest BCUT2D eigenvalue weighted by Crippen LogP contribution is 2.34. The van der Waals surface area contributed by atoms with Crippen molar-refractivity contribution < 1.29 is 4.74 Å². The summed E-state index contributed by atoms with van der Waals surface area (Å²) in [6.45, 7) is 12.5. The van der Waals surface area contributed by atoms with Crippen LogP contribution in [0.3, 0.4) is 0 Å². The number of nitrogens with one attached hydrogen (secondary N) is 1. The van der Waals surface area contributed by atoms with Gasteiger partial charge < -0.3 is 10.1 Å². The van der Waals surface area contributed by atoms with Gasteiger partial charge in [0.2, 0.25) is 0 Å². The van der Waals surface area contributed by atoms with Crippen LogP contribution in [0.5, 0.6) is 0 Å². The molecule has 0 aromatic rings. The van der Waals surface area contributed by atoms with Crippen LogP contribution in [0.1, 0.15) is 40.5 Å². The van der Waals surface area contributed by atoms with Crippen molar-refractivity contribution in [3.8, 4) is 0 Å². The third kappa shape index (κ3) is 5.05. The first kappa shape index (κ1) is 16.9. The molecule has 0 radical (unpaired) electrons. The minimum Gasteiger partial charge on any atom is -0.383 e. The molecule has 4 atom stereocenters. The molecule has 1 aliphatic carbocycles. The van der Waals surface area contributed by atoms with E-state index in [0.29, 0.717) is 12.1 Å². The average Bonchev–Trinajstić information content (AvgIpc) is 2.35. The fraction of sp³-hybridized carbons (Fsp3) is 1.00. The Morgan fingerprint density at radius 3 is 2.47 bits per heavy atom. The molecule has 1 fully saturated rings. The minimum atomic E-state index is 0.596. The van der Waals surface area contributed by atoms with E-state index in [2.05, 4.69) is 45.0 Å². The topological polar surface area (TPSA) is 24.5 Å². The molecule has 114 valence electrons. The lowest BCUT2D eigenvalue weighted by atomic mass is 9.72. The first-order chi connectivity index (χ1) is 8.99. The Kier molecular flexibility index (Phi) is 7.33. The van der Waals surface area contributed by atoms with Gasteiger partial charge in [-0.1, -0.05) is 13.8 Å². The highest BCUT2D eigenvalue weighted by molar-refractivity contribution is 4.89. The molecule has 0 aromatic heterocycles. The van der Waals surface area contributed by atoms with Gasteiger partial charge in [0.1, 0.15) is 0 Å². The molecular formula is C16H34N2O. The first-order valence-corrected chi connectivity index (χ1v) is 7.89. The highest BCUT2D eigenvalue weighted by atomic mass is 16.5. The van der Waals surface area contributed by atoms with Gasteiger partial charge >= 0.3 is 0 Å². The standard InChI is InChI=1S/C16H34N2O/c1-12(2)18(7-8-19-6)11-15-14(4)9-13(3)10-16(15)17-5/h12-17H,7-11H2,1-6H3. The second kappa shape index (κ2) is 8.23. The van der Waals surface area contributed by atoms with E-state index in [1.54, 1.807) is 7.11 Å². The molecule has 3 nitrogen and oxygen atoms in total. The number of rotatable bonds is 7. The van der Waals surface area contributed by atoms with Gasteiger partial charge in [0.15, 0.2) is 0 Å². The van der Waals surface area contributed by atoms with Gasteiger partial charge in [0.05, 0.1) is 6.61 Å². The summed E-state index contributed by atoms with van der Waals surface area (Å²) in [5, 5.41) is 3.56. The maximum absolute atomic E-state index is 5.25. The smallest absolute Gasteiger partial charge is 0.0589 e. The second-order valence-corrected chi connectivity index (χ2v) is 6.69. The number of methoxy groups -OCH3 is 1. The Morgan fingerprint density at radius 2 is 1.95 bits per heavy atom. The molecule has 0 amide bonds. The lowest BCUT2D eigenvalue weighted by Crippen LogP contribution is -2.49. The summed E-state index contributed by atoms with van der Waals surface area (Å²) in [5.74, 6) is 2.43. The predicted molar refractivity (Wildman–Crippen MR) is 82.5 cm³/mol. The van der Waals surface area contributed by atoms with Crippen LogP contribution in [-0.4, -0.2) is 50.8 Å². The van der Waals surface area contributed by atoms with Crippen molar-refractivity contribution in [2.24, 2.45) is 17.8 Å². The molecule has 0 spiro atoms. The summed E-state index contributed by atoms with van der Waals surface area (Å²) in [5.41, 5.74) is 0. The predicted octanol–water partition coefficient (Wildman–Crippen LogP) is 2.61. The largest absolute Gasteiger partial charge is 0.383 e. The molecule has 0 saturated heterocycles. The van der Waals surface area contributed by atoms with Crippen LogP contribution in [0.15, 0.2) is 0 Å². The van der Waals surface area contributed by atoms with Gasteiger partial charge in [0, 0.05) is 32.3 Å². The molecule has 0 bridgehead atoms. The van der Waals surface area contributed by atoms with Crippen molar-refractivity contribution in [1.29, 1.82) is 0 Å². The third-order valence-electron chi connectivity index (χ3n) is 4.81. The molecule has 0 aliphatic heterocycles. The molecule has 0 aromatic carbocycles. The van der Waals surface area contributed by atoms with Gasteiger partial charge in [-0.15, -0.1) is 0 Å². The molecule has 1 N–H and O–H groups in total. The summed E-state index contributed by atoms with van der Waals surface area (Å²) in [7, 11) is 3.91. The molecule has 19 heavy (non-hydrogen) atoms. The van der Waals surface area contributed by atoms with Crippen molar-refractivity contribution in [3.05, 3.63) is 0 Å². The SMILES string of the molecule is CNC1CC(C)CC(C)C1CN(CCOC)C(C)C. The van der Waals surface area contributed by atoms with E-state index in [0.717, 1.165) is 30.9 Å². The van der Waals surface area contributed by atoms with E-state index in [1.165, 1.54) is 19.4 Å². The molecule has 0 heterocycles. The van der Waals surface area contributed by atoms with Gasteiger partial charge in [-0.3, -0.25) is 4.90 Å². The van der Waals surface area contributed by atoms with Crippen molar-refractivity contribution in [2.45, 2.75) is 52.6 Å². The monoisotopic (exact) mass is 270 g/mol. The Morgan fingerprint density at radius 1 is 1.26 bits per heavy atom. The maximum atomic E-state index is 5.25. The summed E-state index contributed by atoms with van der Waals surface area (Å²) in [6.07, 6.45) is 2.70. The number of hydrogen-bond donors (Lipinski definition) is 1. The van der Waals surface area contributed by atoms with E-state index < -0.39 is 0 Å². The zero-order valence-electron chi connectivity index (χ0n) is 13.8. The highest BCUT2D eigenvalue weighted by Gasteiger charge is 2.34. The lowest BCUT2D eigenvalue weighted by molar-refractivity contribution is 0.0697.